The van der Waals surface area contributed by atoms with Gasteiger partial charge in [0.05, 0.1) is 43.4 Å². The number of thiazole rings is 1. The number of carbonyl (C=O) groups excluding carboxylic acids is 1. The number of quaternary nitrogens is 1. The number of hydrogen-bond acceptors (Lipinski definition) is 3. The van der Waals surface area contributed by atoms with Crippen molar-refractivity contribution in [2.45, 2.75) is 0 Å². The number of fused-ring (bicyclic) bond motifs is 1. The molecular formula is C15H18N3OS+. The molecule has 0 unspecified atom stereocenters. The largest absolute Gasteiger partial charge is 0.334 e. The van der Waals surface area contributed by atoms with Crippen molar-refractivity contribution in [3.63, 3.8) is 0 Å². The minimum atomic E-state index is 0.0942. The Kier molecular flexibility index (Phi) is 3.80. The number of para-hydroxylation sites is 1. The van der Waals surface area contributed by atoms with Gasteiger partial charge in [-0.25, -0.2) is 4.98 Å². The van der Waals surface area contributed by atoms with E-state index in [1.165, 1.54) is 4.90 Å². The number of carbonyl (C=O) groups is 1. The Morgan fingerprint density at radius 1 is 1.35 bits per heavy atom. The molecule has 1 aliphatic rings. The number of amides is 1. The van der Waals surface area contributed by atoms with Crippen LogP contribution in [0.3, 0.4) is 0 Å². The zero-order valence-electron chi connectivity index (χ0n) is 11.5. The van der Waals surface area contributed by atoms with E-state index in [4.69, 9.17) is 0 Å². The number of nitrogens with zero attached hydrogens (tertiary/aromatic N) is 2. The average molecular weight is 288 g/mol. The first kappa shape index (κ1) is 13.3. The molecule has 1 fully saturated rings. The number of likely N-dealkylation sites (N-methyl/N-ethyl adjacent to an activating group) is 1. The van der Waals surface area contributed by atoms with Crippen LogP contribution >= 0.6 is 11.3 Å². The van der Waals surface area contributed by atoms with Crippen LogP contribution in [0.2, 0.25) is 0 Å². The Bertz CT molecular complexity index is 608. The van der Waals surface area contributed by atoms with Crippen LogP contribution in [-0.2, 0) is 4.79 Å². The van der Waals surface area contributed by atoms with Gasteiger partial charge in [-0.3, -0.25) is 4.79 Å². The molecule has 1 amide bonds. The predicted molar refractivity (Wildman–Crippen MR) is 81.9 cm³/mol. The normalized spacial score (nSPS) is 17.1. The second kappa shape index (κ2) is 5.73. The molecule has 2 heterocycles. The monoisotopic (exact) mass is 288 g/mol. The Labute approximate surface area is 122 Å². The second-order valence-electron chi connectivity index (χ2n) is 5.14. The van der Waals surface area contributed by atoms with Gasteiger partial charge in [-0.15, -0.1) is 11.3 Å². The molecule has 0 atom stereocenters. The van der Waals surface area contributed by atoms with Crippen LogP contribution in [0.25, 0.3) is 16.3 Å². The topological polar surface area (TPSA) is 37.6 Å². The van der Waals surface area contributed by atoms with Gasteiger partial charge in [0.15, 0.2) is 0 Å². The zero-order valence-corrected chi connectivity index (χ0v) is 12.3. The highest BCUT2D eigenvalue weighted by Gasteiger charge is 2.19. The Morgan fingerprint density at radius 3 is 2.85 bits per heavy atom. The quantitative estimate of drug-likeness (QED) is 0.825. The summed E-state index contributed by atoms with van der Waals surface area (Å²) in [6.07, 6.45) is 3.48. The third-order valence-corrected chi connectivity index (χ3v) is 4.61. The summed E-state index contributed by atoms with van der Waals surface area (Å²) in [5.41, 5.74) is 0.993. The molecule has 3 rings (SSSR count). The van der Waals surface area contributed by atoms with Gasteiger partial charge >= 0.3 is 0 Å². The SMILES string of the molecule is C[NH+]1CCN(C(=O)/C=C/c2nc3ccccc3s2)CC1. The molecule has 1 saturated heterocycles. The number of nitrogens with one attached hydrogen (secondary N) is 1. The highest BCUT2D eigenvalue weighted by atomic mass is 32.1. The van der Waals surface area contributed by atoms with Crippen molar-refractivity contribution in [1.82, 2.24) is 9.88 Å². The van der Waals surface area contributed by atoms with Gasteiger partial charge in [0.1, 0.15) is 5.01 Å². The van der Waals surface area contributed by atoms with Crippen LogP contribution < -0.4 is 4.90 Å². The van der Waals surface area contributed by atoms with Gasteiger partial charge in [0.2, 0.25) is 5.91 Å². The molecule has 5 heteroatoms. The molecular weight excluding hydrogens is 270 g/mol. The first-order chi connectivity index (χ1) is 9.72. The fourth-order valence-corrected chi connectivity index (χ4v) is 3.19. The molecule has 2 aromatic rings. The summed E-state index contributed by atoms with van der Waals surface area (Å²) in [4.78, 5) is 20.0. The summed E-state index contributed by atoms with van der Waals surface area (Å²) < 4.78 is 1.16. The molecule has 1 aromatic carbocycles. The van der Waals surface area contributed by atoms with Gasteiger partial charge < -0.3 is 9.80 Å². The lowest BCUT2D eigenvalue weighted by Crippen LogP contribution is -3.12. The van der Waals surface area contributed by atoms with Crippen molar-refractivity contribution in [2.75, 3.05) is 33.2 Å². The fraction of sp³-hybridized carbons (Fsp3) is 0.333. The average Bonchev–Trinajstić information content (AvgIpc) is 2.88. The molecule has 1 N–H and O–H groups in total. The summed E-state index contributed by atoms with van der Waals surface area (Å²) in [5, 5.41) is 0.888. The first-order valence-electron chi connectivity index (χ1n) is 6.86. The second-order valence-corrected chi connectivity index (χ2v) is 6.20. The maximum absolute atomic E-state index is 12.1. The van der Waals surface area contributed by atoms with Crippen LogP contribution in [0.15, 0.2) is 30.3 Å². The molecule has 104 valence electrons. The Hall–Kier alpha value is -1.72. The van der Waals surface area contributed by atoms with Gasteiger partial charge in [-0.2, -0.15) is 0 Å². The minimum absolute atomic E-state index is 0.0942. The van der Waals surface area contributed by atoms with E-state index in [0.717, 1.165) is 41.4 Å². The minimum Gasteiger partial charge on any atom is -0.334 e. The Morgan fingerprint density at radius 2 is 2.10 bits per heavy atom. The number of benzene rings is 1. The van der Waals surface area contributed by atoms with Crippen molar-refractivity contribution in [1.29, 1.82) is 0 Å². The summed E-state index contributed by atoms with van der Waals surface area (Å²) in [6.45, 7) is 3.74. The van der Waals surface area contributed by atoms with E-state index in [-0.39, 0.29) is 5.91 Å². The maximum Gasteiger partial charge on any atom is 0.247 e. The molecule has 0 spiro atoms. The highest BCUT2D eigenvalue weighted by Crippen LogP contribution is 2.22. The van der Waals surface area contributed by atoms with Gasteiger partial charge in [0, 0.05) is 6.08 Å². The molecule has 1 aliphatic heterocycles. The lowest BCUT2D eigenvalue weighted by molar-refractivity contribution is -0.883. The van der Waals surface area contributed by atoms with Crippen LogP contribution in [0.1, 0.15) is 5.01 Å². The van der Waals surface area contributed by atoms with E-state index in [0.29, 0.717) is 0 Å². The summed E-state index contributed by atoms with van der Waals surface area (Å²) in [7, 11) is 2.17. The number of rotatable bonds is 2. The van der Waals surface area contributed by atoms with Gasteiger partial charge in [-0.1, -0.05) is 12.1 Å². The number of piperazine rings is 1. The molecule has 0 aliphatic carbocycles. The lowest BCUT2D eigenvalue weighted by atomic mass is 10.3. The van der Waals surface area contributed by atoms with Crippen LogP contribution in [0.5, 0.6) is 0 Å². The lowest BCUT2D eigenvalue weighted by Gasteiger charge is -2.29. The van der Waals surface area contributed by atoms with E-state index in [9.17, 15) is 4.79 Å². The van der Waals surface area contributed by atoms with E-state index in [1.807, 2.05) is 29.2 Å². The van der Waals surface area contributed by atoms with Crippen LogP contribution in [0.4, 0.5) is 0 Å². The maximum atomic E-state index is 12.1. The van der Waals surface area contributed by atoms with E-state index >= 15 is 0 Å². The summed E-state index contributed by atoms with van der Waals surface area (Å²) in [5.74, 6) is 0.0942. The number of aromatic nitrogens is 1. The highest BCUT2D eigenvalue weighted by molar-refractivity contribution is 7.19. The smallest absolute Gasteiger partial charge is 0.247 e. The standard InChI is InChI=1S/C15H17N3OS/c1-17-8-10-18(11-9-17)15(19)7-6-14-16-12-4-2-3-5-13(12)20-14/h2-7H,8-11H2,1H3/p+1/b7-6+. The van der Waals surface area contributed by atoms with Crippen LogP contribution in [0, 0.1) is 0 Å². The predicted octanol–water partition coefficient (Wildman–Crippen LogP) is 0.666. The molecule has 4 nitrogen and oxygen atoms in total. The zero-order chi connectivity index (χ0) is 13.9. The molecule has 0 radical (unpaired) electrons. The van der Waals surface area contributed by atoms with Crippen molar-refractivity contribution < 1.29 is 9.69 Å². The van der Waals surface area contributed by atoms with Gasteiger partial charge in [0.25, 0.3) is 0 Å². The van der Waals surface area contributed by atoms with Crippen molar-refractivity contribution >= 4 is 33.5 Å². The summed E-state index contributed by atoms with van der Waals surface area (Å²) >= 11 is 1.61. The third-order valence-electron chi connectivity index (χ3n) is 3.61. The number of hydrogen-bond donors (Lipinski definition) is 1. The fourth-order valence-electron chi connectivity index (χ4n) is 2.32. The van der Waals surface area contributed by atoms with Crippen molar-refractivity contribution in [3.05, 3.63) is 35.3 Å². The van der Waals surface area contributed by atoms with E-state index in [1.54, 1.807) is 17.4 Å². The Balaban J connectivity index is 1.68. The molecule has 1 aromatic heterocycles. The van der Waals surface area contributed by atoms with Crippen LogP contribution in [-0.4, -0.2) is 49.0 Å². The summed E-state index contributed by atoms with van der Waals surface area (Å²) in [6, 6.07) is 8.03. The van der Waals surface area contributed by atoms with Gasteiger partial charge in [-0.05, 0) is 18.2 Å². The van der Waals surface area contributed by atoms with Crippen molar-refractivity contribution in [2.24, 2.45) is 0 Å². The van der Waals surface area contributed by atoms with E-state index < -0.39 is 0 Å². The molecule has 20 heavy (non-hydrogen) atoms. The third kappa shape index (κ3) is 2.89. The molecule has 0 saturated carbocycles. The first-order valence-corrected chi connectivity index (χ1v) is 7.68. The van der Waals surface area contributed by atoms with E-state index in [2.05, 4.69) is 18.1 Å². The molecule has 0 bridgehead atoms. The van der Waals surface area contributed by atoms with Crippen molar-refractivity contribution in [3.8, 4) is 0 Å².